The highest BCUT2D eigenvalue weighted by molar-refractivity contribution is 6.13. The lowest BCUT2D eigenvalue weighted by Crippen LogP contribution is -2.49. The van der Waals surface area contributed by atoms with E-state index in [9.17, 15) is 4.79 Å². The highest BCUT2D eigenvalue weighted by atomic mass is 16.7. The lowest BCUT2D eigenvalue weighted by Gasteiger charge is -2.40. The van der Waals surface area contributed by atoms with Gasteiger partial charge in [0.2, 0.25) is 5.60 Å². The normalized spacial score (nSPS) is 26.1. The standard InChI is InChI=1S/C19H21N3O4/c1-4-24-17(23)14-15(12-8-6-5-7-9-12)21-25-19(14)11-18(2,3)10-13-16(19)22-26-20-13/h5-9,14H,4,10-11H2,1-3H3/t14-,19+/m1/s1. The van der Waals surface area contributed by atoms with Gasteiger partial charge in [-0.25, -0.2) is 4.63 Å². The third-order valence-electron chi connectivity index (χ3n) is 4.98. The SMILES string of the molecule is CCOC(=O)[C@H]1C(c2ccccc2)=NO[C@@]12CC(C)(C)Cc1nonc12. The van der Waals surface area contributed by atoms with E-state index in [1.54, 1.807) is 6.92 Å². The zero-order chi connectivity index (χ0) is 18.4. The number of aromatic nitrogens is 2. The molecule has 0 amide bonds. The topological polar surface area (TPSA) is 86.8 Å². The van der Waals surface area contributed by atoms with E-state index in [4.69, 9.17) is 14.2 Å². The zero-order valence-corrected chi connectivity index (χ0v) is 15.1. The molecule has 1 aliphatic carbocycles. The fourth-order valence-electron chi connectivity index (χ4n) is 4.08. The van der Waals surface area contributed by atoms with Gasteiger partial charge in [0, 0.05) is 18.4 Å². The molecule has 0 bridgehead atoms. The second-order valence-corrected chi connectivity index (χ2v) is 7.59. The van der Waals surface area contributed by atoms with Crippen LogP contribution in [0.5, 0.6) is 0 Å². The molecule has 26 heavy (non-hydrogen) atoms. The Bertz CT molecular complexity index is 859. The number of esters is 1. The minimum atomic E-state index is -1.06. The van der Waals surface area contributed by atoms with Crippen LogP contribution in [-0.2, 0) is 26.4 Å². The van der Waals surface area contributed by atoms with Crippen LogP contribution in [0.2, 0.25) is 0 Å². The van der Waals surface area contributed by atoms with E-state index in [1.165, 1.54) is 0 Å². The molecular weight excluding hydrogens is 334 g/mol. The van der Waals surface area contributed by atoms with Gasteiger partial charge in [0.15, 0.2) is 11.6 Å². The Kier molecular flexibility index (Phi) is 3.82. The van der Waals surface area contributed by atoms with Gasteiger partial charge in [-0.3, -0.25) is 4.79 Å². The molecular formula is C19H21N3O4. The molecule has 0 unspecified atom stereocenters. The number of hydrogen-bond acceptors (Lipinski definition) is 7. The van der Waals surface area contributed by atoms with Crippen molar-refractivity contribution >= 4 is 11.7 Å². The zero-order valence-electron chi connectivity index (χ0n) is 15.1. The Morgan fingerprint density at radius 3 is 2.77 bits per heavy atom. The molecule has 0 saturated carbocycles. The maximum Gasteiger partial charge on any atom is 0.319 e. The summed E-state index contributed by atoms with van der Waals surface area (Å²) in [6.07, 6.45) is 1.26. The Labute approximate surface area is 151 Å². The molecule has 2 aromatic rings. The summed E-state index contributed by atoms with van der Waals surface area (Å²) in [5, 5.41) is 12.4. The smallest absolute Gasteiger partial charge is 0.319 e. The van der Waals surface area contributed by atoms with E-state index in [-0.39, 0.29) is 18.0 Å². The van der Waals surface area contributed by atoms with Crippen molar-refractivity contribution in [2.24, 2.45) is 16.5 Å². The molecule has 0 radical (unpaired) electrons. The summed E-state index contributed by atoms with van der Waals surface area (Å²) in [4.78, 5) is 19.0. The summed E-state index contributed by atoms with van der Waals surface area (Å²) < 4.78 is 10.4. The van der Waals surface area contributed by atoms with Crippen LogP contribution in [-0.4, -0.2) is 28.6 Å². The molecule has 7 heteroatoms. The molecule has 1 aliphatic heterocycles. The number of ether oxygens (including phenoxy) is 1. The van der Waals surface area contributed by atoms with E-state index in [2.05, 4.69) is 29.3 Å². The van der Waals surface area contributed by atoms with Gasteiger partial charge in [-0.2, -0.15) is 0 Å². The van der Waals surface area contributed by atoms with Gasteiger partial charge in [-0.1, -0.05) is 59.6 Å². The van der Waals surface area contributed by atoms with Crippen LogP contribution in [0.25, 0.3) is 0 Å². The van der Waals surface area contributed by atoms with Crippen molar-refractivity contribution in [3.63, 3.8) is 0 Å². The van der Waals surface area contributed by atoms with Gasteiger partial charge in [-0.05, 0) is 12.3 Å². The van der Waals surface area contributed by atoms with Gasteiger partial charge >= 0.3 is 5.97 Å². The fourth-order valence-corrected chi connectivity index (χ4v) is 4.08. The molecule has 0 saturated heterocycles. The summed E-state index contributed by atoms with van der Waals surface area (Å²) in [5.41, 5.74) is 1.41. The first kappa shape index (κ1) is 16.8. The van der Waals surface area contributed by atoms with Crippen LogP contribution in [0.3, 0.4) is 0 Å². The van der Waals surface area contributed by atoms with Crippen LogP contribution in [0.1, 0.15) is 44.1 Å². The third kappa shape index (κ3) is 2.50. The van der Waals surface area contributed by atoms with E-state index in [0.717, 1.165) is 5.56 Å². The van der Waals surface area contributed by atoms with Crippen LogP contribution < -0.4 is 0 Å². The summed E-state index contributed by atoms with van der Waals surface area (Å²) in [6, 6.07) is 9.53. The highest BCUT2D eigenvalue weighted by Gasteiger charge is 2.62. The maximum atomic E-state index is 13.0. The van der Waals surface area contributed by atoms with Crippen molar-refractivity contribution < 1.29 is 19.0 Å². The van der Waals surface area contributed by atoms with Crippen molar-refractivity contribution in [2.45, 2.75) is 39.2 Å². The molecule has 0 fully saturated rings. The lowest BCUT2D eigenvalue weighted by atomic mass is 9.64. The van der Waals surface area contributed by atoms with Crippen molar-refractivity contribution in [3.05, 3.63) is 47.3 Å². The molecule has 1 spiro atoms. The Morgan fingerprint density at radius 2 is 2.04 bits per heavy atom. The van der Waals surface area contributed by atoms with E-state index in [1.807, 2.05) is 30.3 Å². The summed E-state index contributed by atoms with van der Waals surface area (Å²) >= 11 is 0. The van der Waals surface area contributed by atoms with Crippen molar-refractivity contribution in [1.29, 1.82) is 0 Å². The molecule has 2 heterocycles. The summed E-state index contributed by atoms with van der Waals surface area (Å²) in [7, 11) is 0. The maximum absolute atomic E-state index is 13.0. The van der Waals surface area contributed by atoms with E-state index >= 15 is 0 Å². The number of benzene rings is 1. The minimum absolute atomic E-state index is 0.155. The first-order valence-electron chi connectivity index (χ1n) is 8.77. The number of hydrogen-bond donors (Lipinski definition) is 0. The predicted octanol–water partition coefficient (Wildman–Crippen LogP) is 2.85. The molecule has 0 N–H and O–H groups in total. The molecule has 2 aliphatic rings. The molecule has 2 atom stereocenters. The second-order valence-electron chi connectivity index (χ2n) is 7.59. The van der Waals surface area contributed by atoms with Crippen LogP contribution in [0.4, 0.5) is 0 Å². The number of oxime groups is 1. The average molecular weight is 355 g/mol. The van der Waals surface area contributed by atoms with Gasteiger partial charge in [0.1, 0.15) is 11.4 Å². The number of rotatable bonds is 3. The number of carbonyl (C=O) groups is 1. The Hall–Kier alpha value is -2.70. The molecule has 1 aromatic heterocycles. The van der Waals surface area contributed by atoms with Crippen molar-refractivity contribution in [3.8, 4) is 0 Å². The largest absolute Gasteiger partial charge is 0.465 e. The quantitative estimate of drug-likeness (QED) is 0.787. The van der Waals surface area contributed by atoms with Crippen molar-refractivity contribution in [1.82, 2.24) is 10.3 Å². The minimum Gasteiger partial charge on any atom is -0.465 e. The predicted molar refractivity (Wildman–Crippen MR) is 92.3 cm³/mol. The number of nitrogens with zero attached hydrogens (tertiary/aromatic N) is 3. The number of carbonyl (C=O) groups excluding carboxylic acids is 1. The third-order valence-corrected chi connectivity index (χ3v) is 4.98. The van der Waals surface area contributed by atoms with E-state index in [0.29, 0.717) is 29.9 Å². The Balaban J connectivity index is 1.86. The van der Waals surface area contributed by atoms with Gasteiger partial charge in [-0.15, -0.1) is 0 Å². The Morgan fingerprint density at radius 1 is 1.27 bits per heavy atom. The van der Waals surface area contributed by atoms with Gasteiger partial charge in [0.05, 0.1) is 6.61 Å². The second kappa shape index (κ2) is 5.93. The summed E-state index contributed by atoms with van der Waals surface area (Å²) in [6.45, 7) is 6.28. The molecule has 1 aromatic carbocycles. The first-order chi connectivity index (χ1) is 12.5. The molecule has 7 nitrogen and oxygen atoms in total. The van der Waals surface area contributed by atoms with Crippen LogP contribution in [0.15, 0.2) is 40.1 Å². The van der Waals surface area contributed by atoms with Gasteiger partial charge < -0.3 is 9.57 Å². The molecule has 4 rings (SSSR count). The first-order valence-corrected chi connectivity index (χ1v) is 8.77. The lowest BCUT2D eigenvalue weighted by molar-refractivity contribution is -0.160. The summed E-state index contributed by atoms with van der Waals surface area (Å²) in [5.74, 6) is -1.10. The van der Waals surface area contributed by atoms with E-state index < -0.39 is 11.5 Å². The highest BCUT2D eigenvalue weighted by Crippen LogP contribution is 2.53. The molecule has 136 valence electrons. The van der Waals surface area contributed by atoms with Crippen LogP contribution in [0, 0.1) is 11.3 Å². The van der Waals surface area contributed by atoms with Crippen LogP contribution >= 0.6 is 0 Å². The fraction of sp³-hybridized carbons (Fsp3) is 0.474. The number of fused-ring (bicyclic) bond motifs is 2. The average Bonchev–Trinajstić information content (AvgIpc) is 3.20. The van der Waals surface area contributed by atoms with Crippen molar-refractivity contribution in [2.75, 3.05) is 6.61 Å². The monoisotopic (exact) mass is 355 g/mol. The van der Waals surface area contributed by atoms with Gasteiger partial charge in [0.25, 0.3) is 0 Å².